The molecule has 3 heteroatoms. The zero-order valence-corrected chi connectivity index (χ0v) is 14.5. The Hall–Kier alpha value is -0.180. The number of methoxy groups -OCH3 is 1. The van der Waals surface area contributed by atoms with E-state index < -0.39 is 6.11 Å². The minimum atomic E-state index is -2.92. The molecule has 0 aliphatic heterocycles. The van der Waals surface area contributed by atoms with Gasteiger partial charge in [-0.2, -0.15) is 8.78 Å². The van der Waals surface area contributed by atoms with Gasteiger partial charge in [0.25, 0.3) is 0 Å². The van der Waals surface area contributed by atoms with Crippen LogP contribution in [0.15, 0.2) is 0 Å². The Morgan fingerprint density at radius 1 is 0.864 bits per heavy atom. The van der Waals surface area contributed by atoms with Crippen molar-refractivity contribution in [1.29, 1.82) is 0 Å². The summed E-state index contributed by atoms with van der Waals surface area (Å²) < 4.78 is 30.9. The number of hydrogen-bond donors (Lipinski definition) is 0. The minimum Gasteiger partial charge on any atom is -0.324 e. The molecule has 0 spiro atoms. The van der Waals surface area contributed by atoms with E-state index in [1.807, 2.05) is 0 Å². The van der Waals surface area contributed by atoms with Gasteiger partial charge < -0.3 is 4.74 Å². The summed E-state index contributed by atoms with van der Waals surface area (Å²) in [6.45, 7) is 2.27. The van der Waals surface area contributed by atoms with Crippen LogP contribution in [0.2, 0.25) is 0 Å². The van der Waals surface area contributed by atoms with E-state index >= 15 is 0 Å². The molecule has 0 N–H and O–H groups in total. The van der Waals surface area contributed by atoms with E-state index in [4.69, 9.17) is 0 Å². The lowest BCUT2D eigenvalue weighted by atomic mass is 9.68. The average Bonchev–Trinajstić information content (AvgIpc) is 2.54. The first kappa shape index (κ1) is 18.2. The fourth-order valence-electron chi connectivity index (χ4n) is 4.72. The second-order valence-corrected chi connectivity index (χ2v) is 7.75. The van der Waals surface area contributed by atoms with Crippen molar-refractivity contribution < 1.29 is 13.5 Å². The van der Waals surface area contributed by atoms with Crippen molar-refractivity contribution in [2.75, 3.05) is 7.11 Å². The van der Waals surface area contributed by atoms with Gasteiger partial charge >= 0.3 is 6.11 Å². The van der Waals surface area contributed by atoms with Crippen LogP contribution in [0.1, 0.15) is 84.0 Å². The second-order valence-electron chi connectivity index (χ2n) is 7.75. The zero-order valence-electron chi connectivity index (χ0n) is 14.5. The number of alkyl halides is 2. The van der Waals surface area contributed by atoms with E-state index in [1.165, 1.54) is 44.9 Å². The third-order valence-corrected chi connectivity index (χ3v) is 6.24. The minimum absolute atomic E-state index is 0.0834. The predicted molar refractivity (Wildman–Crippen MR) is 87.0 cm³/mol. The molecule has 2 saturated carbocycles. The van der Waals surface area contributed by atoms with Crippen LogP contribution in [0.25, 0.3) is 0 Å². The number of unbranched alkanes of at least 4 members (excludes halogenated alkanes) is 1. The summed E-state index contributed by atoms with van der Waals surface area (Å²) in [4.78, 5) is 0. The molecule has 0 unspecified atom stereocenters. The first-order valence-electron chi connectivity index (χ1n) is 9.47. The second kappa shape index (κ2) is 8.61. The molecule has 0 saturated heterocycles. The average molecular weight is 316 g/mol. The Morgan fingerprint density at radius 3 is 1.82 bits per heavy atom. The lowest BCUT2D eigenvalue weighted by Gasteiger charge is -2.38. The monoisotopic (exact) mass is 316 g/mol. The molecular formula is C19H34F2O. The molecule has 2 fully saturated rings. The highest BCUT2D eigenvalue weighted by Gasteiger charge is 2.36. The molecule has 0 atom stereocenters. The van der Waals surface area contributed by atoms with Crippen LogP contribution < -0.4 is 0 Å². The van der Waals surface area contributed by atoms with Gasteiger partial charge in [0.05, 0.1) is 0 Å². The van der Waals surface area contributed by atoms with E-state index in [0.717, 1.165) is 50.5 Å². The van der Waals surface area contributed by atoms with Crippen LogP contribution in [0.5, 0.6) is 0 Å². The largest absolute Gasteiger partial charge is 0.355 e. The molecule has 0 radical (unpaired) electrons. The maximum absolute atomic E-state index is 13.3. The smallest absolute Gasteiger partial charge is 0.324 e. The molecule has 0 aromatic heterocycles. The molecule has 0 aromatic rings. The normalized spacial score (nSPS) is 33.8. The van der Waals surface area contributed by atoms with Gasteiger partial charge in [-0.1, -0.05) is 39.0 Å². The highest BCUT2D eigenvalue weighted by molar-refractivity contribution is 4.82. The third kappa shape index (κ3) is 5.47. The van der Waals surface area contributed by atoms with Crippen LogP contribution in [-0.2, 0) is 4.74 Å². The first-order chi connectivity index (χ1) is 10.5. The summed E-state index contributed by atoms with van der Waals surface area (Å²) in [5.74, 6) is 2.81. The lowest BCUT2D eigenvalue weighted by molar-refractivity contribution is -0.233. The van der Waals surface area contributed by atoms with Crippen LogP contribution in [0.3, 0.4) is 0 Å². The van der Waals surface area contributed by atoms with Gasteiger partial charge in [0.1, 0.15) is 0 Å². The summed E-state index contributed by atoms with van der Waals surface area (Å²) >= 11 is 0. The van der Waals surface area contributed by atoms with Crippen molar-refractivity contribution in [1.82, 2.24) is 0 Å². The van der Waals surface area contributed by atoms with Crippen molar-refractivity contribution in [2.24, 2.45) is 23.7 Å². The Labute approximate surface area is 135 Å². The van der Waals surface area contributed by atoms with Gasteiger partial charge in [-0.05, 0) is 62.2 Å². The maximum atomic E-state index is 13.3. The van der Waals surface area contributed by atoms with E-state index in [0.29, 0.717) is 0 Å². The van der Waals surface area contributed by atoms with E-state index in [1.54, 1.807) is 0 Å². The molecule has 2 rings (SSSR count). The number of ether oxygens (including phenoxy) is 1. The summed E-state index contributed by atoms with van der Waals surface area (Å²) in [7, 11) is 1.11. The zero-order chi connectivity index (χ0) is 16.0. The summed E-state index contributed by atoms with van der Waals surface area (Å²) in [5.41, 5.74) is 0. The van der Waals surface area contributed by atoms with Crippen molar-refractivity contribution >= 4 is 0 Å². The van der Waals surface area contributed by atoms with Gasteiger partial charge in [0, 0.05) is 13.5 Å². The summed E-state index contributed by atoms with van der Waals surface area (Å²) in [6, 6.07) is 0. The van der Waals surface area contributed by atoms with Gasteiger partial charge in [0.2, 0.25) is 0 Å². The Bertz CT molecular complexity index is 303. The summed E-state index contributed by atoms with van der Waals surface area (Å²) in [5, 5.41) is 0. The summed E-state index contributed by atoms with van der Waals surface area (Å²) in [6.07, 6.45) is 11.0. The van der Waals surface area contributed by atoms with Crippen molar-refractivity contribution in [3.8, 4) is 0 Å². The van der Waals surface area contributed by atoms with E-state index in [9.17, 15) is 8.78 Å². The number of rotatable bonds is 7. The lowest BCUT2D eigenvalue weighted by Crippen LogP contribution is -2.29. The standard InChI is InChI=1S/C19H34F2O/c1-3-4-5-15-6-10-17(11-7-15)18-12-8-16(9-13-18)14-19(20,21)22-2/h15-18H,3-14H2,1-2H3. The molecular weight excluding hydrogens is 282 g/mol. The molecule has 0 aromatic carbocycles. The molecule has 2 aliphatic rings. The van der Waals surface area contributed by atoms with Crippen LogP contribution in [0.4, 0.5) is 8.78 Å². The van der Waals surface area contributed by atoms with Crippen LogP contribution >= 0.6 is 0 Å². The molecule has 1 nitrogen and oxygen atoms in total. The highest BCUT2D eigenvalue weighted by Crippen LogP contribution is 2.44. The van der Waals surface area contributed by atoms with Gasteiger partial charge in [0.15, 0.2) is 0 Å². The first-order valence-corrected chi connectivity index (χ1v) is 9.47. The Balaban J connectivity index is 1.67. The van der Waals surface area contributed by atoms with E-state index in [2.05, 4.69) is 11.7 Å². The molecule has 0 heterocycles. The SMILES string of the molecule is CCCCC1CCC(C2CCC(CC(F)(F)OC)CC2)CC1. The molecule has 0 amide bonds. The van der Waals surface area contributed by atoms with E-state index in [-0.39, 0.29) is 12.3 Å². The quantitative estimate of drug-likeness (QED) is 0.526. The van der Waals surface area contributed by atoms with Gasteiger partial charge in [-0.25, -0.2) is 0 Å². The molecule has 0 bridgehead atoms. The molecule has 22 heavy (non-hydrogen) atoms. The molecule has 2 aliphatic carbocycles. The fourth-order valence-corrected chi connectivity index (χ4v) is 4.72. The Kier molecular flexibility index (Phi) is 7.11. The Morgan fingerprint density at radius 2 is 1.36 bits per heavy atom. The van der Waals surface area contributed by atoms with Crippen LogP contribution in [-0.4, -0.2) is 13.2 Å². The third-order valence-electron chi connectivity index (χ3n) is 6.24. The van der Waals surface area contributed by atoms with Gasteiger partial charge in [-0.3, -0.25) is 0 Å². The fraction of sp³-hybridized carbons (Fsp3) is 1.00. The van der Waals surface area contributed by atoms with Crippen molar-refractivity contribution in [3.63, 3.8) is 0 Å². The highest BCUT2D eigenvalue weighted by atomic mass is 19.3. The number of hydrogen-bond acceptors (Lipinski definition) is 1. The van der Waals surface area contributed by atoms with Crippen LogP contribution in [0, 0.1) is 23.7 Å². The van der Waals surface area contributed by atoms with Gasteiger partial charge in [-0.15, -0.1) is 0 Å². The number of halogens is 2. The predicted octanol–water partition coefficient (Wildman–Crippen LogP) is 6.42. The maximum Gasteiger partial charge on any atom is 0.355 e. The topological polar surface area (TPSA) is 9.23 Å². The van der Waals surface area contributed by atoms with Crippen molar-refractivity contribution in [2.45, 2.75) is 90.1 Å². The molecule has 130 valence electrons. The van der Waals surface area contributed by atoms with Crippen molar-refractivity contribution in [3.05, 3.63) is 0 Å².